The lowest BCUT2D eigenvalue weighted by atomic mass is 9.88. The lowest BCUT2D eigenvalue weighted by Gasteiger charge is -2.36. The van der Waals surface area contributed by atoms with E-state index in [9.17, 15) is 9.59 Å². The van der Waals surface area contributed by atoms with Crippen molar-refractivity contribution in [3.8, 4) is 11.3 Å². The van der Waals surface area contributed by atoms with E-state index in [1.54, 1.807) is 11.3 Å². The van der Waals surface area contributed by atoms with Crippen molar-refractivity contribution >= 4 is 33.4 Å². The van der Waals surface area contributed by atoms with Gasteiger partial charge in [-0.25, -0.2) is 0 Å². The molecule has 0 aliphatic carbocycles. The Labute approximate surface area is 265 Å². The van der Waals surface area contributed by atoms with Crippen LogP contribution in [0.2, 0.25) is 0 Å². The second-order valence-electron chi connectivity index (χ2n) is 14.1. The molecule has 0 saturated carbocycles. The summed E-state index contributed by atoms with van der Waals surface area (Å²) in [5.41, 5.74) is 5.70. The molecule has 1 N–H and O–H groups in total. The molecule has 8 nitrogen and oxygen atoms in total. The number of carbonyl (C=O) groups is 2. The number of piperazine rings is 1. The lowest BCUT2D eigenvalue weighted by Crippen LogP contribution is -2.51. The average Bonchev–Trinajstić information content (AvgIpc) is 3.79. The van der Waals surface area contributed by atoms with E-state index in [2.05, 4.69) is 71.6 Å². The number of aromatic nitrogens is 1. The number of morpholine rings is 1. The Balaban J connectivity index is 1.13. The topological polar surface area (TPSA) is 72.1 Å². The summed E-state index contributed by atoms with van der Waals surface area (Å²) < 4.78 is 5.42. The monoisotopic (exact) mass is 617 g/mol. The molecule has 2 bridgehead atoms. The fourth-order valence-electron chi connectivity index (χ4n) is 7.97. The number of fused-ring (bicyclic) bond motifs is 3. The van der Waals surface area contributed by atoms with Gasteiger partial charge in [-0.2, -0.15) is 0 Å². The third-order valence-corrected chi connectivity index (χ3v) is 11.9. The fourth-order valence-corrected chi connectivity index (χ4v) is 9.16. The molecule has 4 saturated heterocycles. The van der Waals surface area contributed by atoms with E-state index in [-0.39, 0.29) is 5.91 Å². The molecular weight excluding hydrogens is 570 g/mol. The Morgan fingerprint density at radius 1 is 0.886 bits per heavy atom. The average molecular weight is 618 g/mol. The van der Waals surface area contributed by atoms with Crippen molar-refractivity contribution in [2.24, 2.45) is 0 Å². The first-order valence-corrected chi connectivity index (χ1v) is 17.4. The summed E-state index contributed by atoms with van der Waals surface area (Å²) in [7, 11) is 0. The van der Waals surface area contributed by atoms with E-state index >= 15 is 0 Å². The molecule has 4 aliphatic rings. The summed E-state index contributed by atoms with van der Waals surface area (Å²) >= 11 is 1.75. The van der Waals surface area contributed by atoms with Crippen molar-refractivity contribution in [1.29, 1.82) is 0 Å². The molecule has 0 spiro atoms. The van der Waals surface area contributed by atoms with Gasteiger partial charge in [0.05, 0.1) is 30.9 Å². The molecule has 7 rings (SSSR count). The van der Waals surface area contributed by atoms with Gasteiger partial charge >= 0.3 is 0 Å². The third-order valence-electron chi connectivity index (χ3n) is 10.5. The predicted molar refractivity (Wildman–Crippen MR) is 176 cm³/mol. The number of nitrogens with zero attached hydrogens (tertiary/aromatic N) is 4. The first-order chi connectivity index (χ1) is 21.2. The minimum Gasteiger partial charge on any atom is -0.378 e. The molecule has 1 aromatic carbocycles. The molecule has 6 heterocycles. The maximum absolute atomic E-state index is 14.0. The minimum absolute atomic E-state index is 0.219. The largest absolute Gasteiger partial charge is 0.378 e. The Morgan fingerprint density at radius 3 is 2.14 bits per heavy atom. The van der Waals surface area contributed by atoms with Crippen LogP contribution in [0.3, 0.4) is 0 Å². The minimum atomic E-state index is -0.550. The maximum atomic E-state index is 14.0. The number of carbonyl (C=O) groups excluding carboxylic acids is 2. The van der Waals surface area contributed by atoms with E-state index in [1.807, 2.05) is 4.90 Å². The maximum Gasteiger partial charge on any atom is 0.236 e. The molecule has 2 aromatic heterocycles. The Morgan fingerprint density at radius 2 is 1.50 bits per heavy atom. The van der Waals surface area contributed by atoms with Crippen LogP contribution in [-0.2, 0) is 26.3 Å². The summed E-state index contributed by atoms with van der Waals surface area (Å²) in [6.07, 6.45) is 4.65. The number of ether oxygens (including phenoxy) is 1. The number of rotatable bonds is 7. The summed E-state index contributed by atoms with van der Waals surface area (Å²) in [4.78, 5) is 42.0. The van der Waals surface area contributed by atoms with Gasteiger partial charge in [-0.05, 0) is 77.1 Å². The van der Waals surface area contributed by atoms with Crippen molar-refractivity contribution in [2.75, 3.05) is 59.0 Å². The first-order valence-electron chi connectivity index (χ1n) is 16.5. The highest BCUT2D eigenvalue weighted by Crippen LogP contribution is 2.44. The van der Waals surface area contributed by atoms with Crippen molar-refractivity contribution in [2.45, 2.75) is 77.4 Å². The van der Waals surface area contributed by atoms with Gasteiger partial charge in [0.15, 0.2) is 0 Å². The summed E-state index contributed by atoms with van der Waals surface area (Å²) in [5.74, 6) is 0.515. The molecule has 0 unspecified atom stereocenters. The van der Waals surface area contributed by atoms with Crippen LogP contribution in [0.25, 0.3) is 21.5 Å². The van der Waals surface area contributed by atoms with Crippen LogP contribution < -0.4 is 0 Å². The van der Waals surface area contributed by atoms with E-state index in [0.29, 0.717) is 50.8 Å². The number of amides is 2. The van der Waals surface area contributed by atoms with Gasteiger partial charge in [-0.1, -0.05) is 17.2 Å². The zero-order valence-electron chi connectivity index (χ0n) is 26.8. The molecule has 4 aliphatic heterocycles. The van der Waals surface area contributed by atoms with Crippen molar-refractivity contribution in [1.82, 2.24) is 24.6 Å². The van der Waals surface area contributed by atoms with Crippen LogP contribution in [-0.4, -0.2) is 108 Å². The van der Waals surface area contributed by atoms with Gasteiger partial charge in [0.25, 0.3) is 0 Å². The molecule has 0 radical (unpaired) electrons. The van der Waals surface area contributed by atoms with Gasteiger partial charge in [0.2, 0.25) is 11.8 Å². The Kier molecular flexibility index (Phi) is 8.10. The second-order valence-corrected chi connectivity index (χ2v) is 15.1. The molecule has 3 aromatic rings. The van der Waals surface area contributed by atoms with Crippen LogP contribution in [0.15, 0.2) is 24.3 Å². The molecule has 4 fully saturated rings. The second kappa shape index (κ2) is 11.9. The first kappa shape index (κ1) is 30.0. The molecule has 9 heteroatoms. The van der Waals surface area contributed by atoms with Crippen LogP contribution in [0, 0.1) is 13.8 Å². The standard InChI is InChI=1S/C35H47N5O3S/c1-23-17-24(2)19-25(18-23)32-29(21-37-9-11-38(12-10-37)22-31(41)39-13-15-43-16-14-39)28-20-30(44-33(28)36-32)35(3,4)34(42)40-26-5-6-27(40)8-7-26/h17-20,26-27,36H,5-16,21-22H2,1-4H3. The van der Waals surface area contributed by atoms with Gasteiger partial charge < -0.3 is 19.5 Å². The molecule has 44 heavy (non-hydrogen) atoms. The van der Waals surface area contributed by atoms with Crippen LogP contribution in [0.5, 0.6) is 0 Å². The van der Waals surface area contributed by atoms with E-state index < -0.39 is 5.41 Å². The lowest BCUT2D eigenvalue weighted by molar-refractivity contribution is -0.137. The number of nitrogens with one attached hydrogen (secondary N) is 1. The highest BCUT2D eigenvalue weighted by Gasteiger charge is 2.47. The third kappa shape index (κ3) is 5.61. The number of aryl methyl sites for hydroxylation is 2. The van der Waals surface area contributed by atoms with Gasteiger partial charge in [0.1, 0.15) is 4.83 Å². The molecule has 236 valence electrons. The van der Waals surface area contributed by atoms with E-state index in [1.165, 1.54) is 33.3 Å². The smallest absolute Gasteiger partial charge is 0.236 e. The number of benzene rings is 1. The molecule has 2 amide bonds. The highest BCUT2D eigenvalue weighted by atomic mass is 32.1. The zero-order chi connectivity index (χ0) is 30.6. The van der Waals surface area contributed by atoms with Crippen molar-refractivity contribution in [3.63, 3.8) is 0 Å². The number of aromatic amines is 1. The van der Waals surface area contributed by atoms with Crippen molar-refractivity contribution < 1.29 is 14.3 Å². The highest BCUT2D eigenvalue weighted by molar-refractivity contribution is 7.19. The van der Waals surface area contributed by atoms with Gasteiger partial charge in [-0.3, -0.25) is 19.4 Å². The number of hydrogen-bond acceptors (Lipinski definition) is 6. The van der Waals surface area contributed by atoms with Gasteiger partial charge in [-0.15, -0.1) is 11.3 Å². The van der Waals surface area contributed by atoms with Crippen molar-refractivity contribution in [3.05, 3.63) is 45.8 Å². The predicted octanol–water partition coefficient (Wildman–Crippen LogP) is 4.92. The quantitative estimate of drug-likeness (QED) is 0.408. The van der Waals surface area contributed by atoms with Gasteiger partial charge in [0, 0.05) is 73.7 Å². The summed E-state index contributed by atoms with van der Waals surface area (Å²) in [5, 5.41) is 1.24. The van der Waals surface area contributed by atoms with Crippen LogP contribution >= 0.6 is 11.3 Å². The Bertz CT molecular complexity index is 1500. The zero-order valence-corrected chi connectivity index (χ0v) is 27.6. The van der Waals surface area contributed by atoms with E-state index in [0.717, 1.165) is 68.1 Å². The van der Waals surface area contributed by atoms with Crippen LogP contribution in [0.1, 0.15) is 61.1 Å². The number of H-pyrrole nitrogens is 1. The van der Waals surface area contributed by atoms with Crippen LogP contribution in [0.4, 0.5) is 0 Å². The molecule has 0 atom stereocenters. The summed E-state index contributed by atoms with van der Waals surface area (Å²) in [6, 6.07) is 9.96. The summed E-state index contributed by atoms with van der Waals surface area (Å²) in [6.45, 7) is 16.2. The fraction of sp³-hybridized carbons (Fsp3) is 0.600. The number of thiophene rings is 1. The normalized spacial score (nSPS) is 23.3. The molecular formula is C35H47N5O3S. The Hall–Kier alpha value is -2.72. The van der Waals surface area contributed by atoms with E-state index in [4.69, 9.17) is 4.74 Å². The SMILES string of the molecule is Cc1cc(C)cc(-c2[nH]c3sc(C(C)(C)C(=O)N4C5CCC4CC5)cc3c2CN2CCN(CC(=O)N3CCOCC3)CC2)c1. The number of hydrogen-bond donors (Lipinski definition) is 1.